The van der Waals surface area contributed by atoms with Gasteiger partial charge in [0.15, 0.2) is 11.0 Å². The van der Waals surface area contributed by atoms with E-state index in [9.17, 15) is 47.9 Å². The van der Waals surface area contributed by atoms with Crippen LogP contribution in [0.15, 0.2) is 24.3 Å². The molecule has 2 aliphatic heterocycles. The van der Waals surface area contributed by atoms with Gasteiger partial charge in [0.25, 0.3) is 23.6 Å². The lowest BCUT2D eigenvalue weighted by Gasteiger charge is -2.13. The molecule has 2 heterocycles. The van der Waals surface area contributed by atoms with Crippen LogP contribution in [0.4, 0.5) is 0 Å². The number of unbranched alkanes of at least 4 members (excludes halogenated alkanes) is 2. The second kappa shape index (κ2) is 42.8. The lowest BCUT2D eigenvalue weighted by Crippen LogP contribution is -2.35. The minimum atomic E-state index is -0.411. The van der Waals surface area contributed by atoms with Crippen molar-refractivity contribution in [3.05, 3.63) is 24.3 Å². The van der Waals surface area contributed by atoms with E-state index in [1.165, 1.54) is 24.3 Å². The summed E-state index contributed by atoms with van der Waals surface area (Å²) in [6.07, 6.45) is 9.56. The standard InChI is InChI=1S/2C20H30N3O7PS.P2S2/c2*1-15(20(28)31-32)4-2-3-8-21-17(25)14-30-13-12-29-11-9-22-16(24)7-10-23-18(26)5-6-19(23)27;3-1-2-4/h2*5-6,15H,2-4,7-14H2,1H3,(H,21,25)(H,22,24);. The van der Waals surface area contributed by atoms with Crippen LogP contribution in [0.2, 0.25) is 0 Å². The molecule has 0 bridgehead atoms. The van der Waals surface area contributed by atoms with Crippen molar-refractivity contribution in [3.63, 3.8) is 0 Å². The van der Waals surface area contributed by atoms with E-state index in [0.29, 0.717) is 27.8 Å². The highest BCUT2D eigenvalue weighted by Crippen LogP contribution is 2.15. The molecule has 0 aromatic carbocycles. The van der Waals surface area contributed by atoms with Crippen LogP contribution in [0.3, 0.4) is 0 Å². The number of hydrogen-bond acceptors (Lipinski definition) is 18. The van der Waals surface area contributed by atoms with Crippen LogP contribution < -0.4 is 21.3 Å². The molecule has 0 spiro atoms. The molecule has 0 saturated heterocycles. The van der Waals surface area contributed by atoms with Gasteiger partial charge in [0.1, 0.15) is 13.2 Å². The topological polar surface area (TPSA) is 262 Å². The first kappa shape index (κ1) is 64.9. The van der Waals surface area contributed by atoms with Crippen LogP contribution in [0.5, 0.6) is 0 Å². The Kier molecular flexibility index (Phi) is 40.8. The molecular weight excluding hydrogens is 1040 g/mol. The summed E-state index contributed by atoms with van der Waals surface area (Å²) in [7, 11) is 2.49. The molecule has 2 unspecified atom stereocenters. The third-order valence-electron chi connectivity index (χ3n) is 9.10. The van der Waals surface area contributed by atoms with E-state index >= 15 is 0 Å². The second-order valence-electron chi connectivity index (χ2n) is 14.4. The Balaban J connectivity index is 0.00000122. The molecule has 2 atom stereocenters. The van der Waals surface area contributed by atoms with Gasteiger partial charge >= 0.3 is 0 Å². The molecule has 4 N–H and O–H groups in total. The van der Waals surface area contributed by atoms with Crippen molar-refractivity contribution < 1.29 is 66.9 Å². The minimum absolute atomic E-state index is 0.0305. The van der Waals surface area contributed by atoms with Gasteiger partial charge in [0.2, 0.25) is 23.6 Å². The Labute approximate surface area is 423 Å². The Hall–Kier alpha value is -3.10. The molecule has 378 valence electrons. The van der Waals surface area contributed by atoms with Gasteiger partial charge in [-0.25, -0.2) is 0 Å². The number of amides is 8. The number of carbonyl (C=O) groups is 10. The molecule has 8 amide bonds. The van der Waals surface area contributed by atoms with Crippen LogP contribution in [0.1, 0.15) is 65.2 Å². The highest BCUT2D eigenvalue weighted by molar-refractivity contribution is 8.40. The summed E-state index contributed by atoms with van der Waals surface area (Å²) in [4.78, 5) is 117. The zero-order valence-electron chi connectivity index (χ0n) is 38.1. The van der Waals surface area contributed by atoms with E-state index in [-0.39, 0.29) is 138 Å². The van der Waals surface area contributed by atoms with E-state index in [0.717, 1.165) is 62.4 Å². The van der Waals surface area contributed by atoms with Crippen molar-refractivity contribution in [1.82, 2.24) is 31.1 Å². The first-order valence-electron chi connectivity index (χ1n) is 21.5. The fraction of sp³-hybridized carbons (Fsp3) is 0.650. The summed E-state index contributed by atoms with van der Waals surface area (Å²) in [6, 6.07) is 0. The van der Waals surface area contributed by atoms with Gasteiger partial charge in [-0.15, -0.1) is 0 Å². The highest BCUT2D eigenvalue weighted by Gasteiger charge is 2.24. The number of nitrogens with one attached hydrogen (secondary N) is 4. The maximum atomic E-state index is 11.7. The normalized spacial score (nSPS) is 13.8. The maximum Gasteiger partial charge on any atom is 0.253 e. The van der Waals surface area contributed by atoms with Crippen molar-refractivity contribution in [3.8, 4) is 0 Å². The predicted octanol–water partition coefficient (Wildman–Crippen LogP) is 2.33. The zero-order valence-corrected chi connectivity index (χ0v) is 44.9. The van der Waals surface area contributed by atoms with E-state index in [1.54, 1.807) is 0 Å². The summed E-state index contributed by atoms with van der Waals surface area (Å²) in [6.45, 7) is 6.91. The third kappa shape index (κ3) is 34.2. The number of carbonyl (C=O) groups excluding carboxylic acids is 10. The summed E-state index contributed by atoms with van der Waals surface area (Å²) < 4.78 is 21.1. The second-order valence-corrected chi connectivity index (χ2v) is 21.0. The number of nitrogens with zero attached hydrogens (tertiary/aromatic N) is 2. The van der Waals surface area contributed by atoms with Gasteiger partial charge in [-0.05, 0) is 72.9 Å². The van der Waals surface area contributed by atoms with Gasteiger partial charge in [-0.3, -0.25) is 57.7 Å². The molecule has 68 heavy (non-hydrogen) atoms. The van der Waals surface area contributed by atoms with Crippen LogP contribution in [0, 0.1) is 11.8 Å². The van der Waals surface area contributed by atoms with E-state index in [2.05, 4.69) is 44.9 Å². The van der Waals surface area contributed by atoms with Crippen LogP contribution >= 0.6 is 28.8 Å². The Morgan fingerprint density at radius 3 is 1.13 bits per heavy atom. The summed E-state index contributed by atoms with van der Waals surface area (Å²) in [5, 5.41) is 10.8. The van der Waals surface area contributed by atoms with E-state index in [1.807, 2.05) is 13.8 Å². The van der Waals surface area contributed by atoms with Gasteiger partial charge in [-0.1, -0.05) is 26.7 Å². The lowest BCUT2D eigenvalue weighted by atomic mass is 10.1. The molecule has 0 radical (unpaired) electrons. The smallest absolute Gasteiger partial charge is 0.253 e. The van der Waals surface area contributed by atoms with Gasteiger partial charge in [-0.2, -0.15) is 0 Å². The van der Waals surface area contributed by atoms with Crippen LogP contribution in [-0.4, -0.2) is 160 Å². The molecule has 2 rings (SSSR count). The number of ether oxygens (including phenoxy) is 4. The average Bonchev–Trinajstić information content (AvgIpc) is 3.83. The molecule has 0 aromatic heterocycles. The van der Waals surface area contributed by atoms with Gasteiger partial charge in [0, 0.05) is 102 Å². The summed E-state index contributed by atoms with van der Waals surface area (Å²) in [5.74, 6) is -2.71. The molecule has 28 heteroatoms. The summed E-state index contributed by atoms with van der Waals surface area (Å²) >= 11 is 18.2. The Morgan fingerprint density at radius 1 is 0.485 bits per heavy atom. The van der Waals surface area contributed by atoms with E-state index < -0.39 is 23.6 Å². The van der Waals surface area contributed by atoms with E-state index in [4.69, 9.17) is 42.6 Å². The largest absolute Gasteiger partial charge is 0.377 e. The minimum Gasteiger partial charge on any atom is -0.377 e. The fourth-order valence-electron chi connectivity index (χ4n) is 5.34. The zero-order chi connectivity index (χ0) is 51.0. The van der Waals surface area contributed by atoms with Crippen molar-refractivity contribution in [2.24, 2.45) is 11.8 Å². The average molecular weight is 1100 g/mol. The quantitative estimate of drug-likeness (QED) is 0.0395. The first-order chi connectivity index (χ1) is 32.6. The summed E-state index contributed by atoms with van der Waals surface area (Å²) in [5.41, 5.74) is 0.125. The number of hydrogen-bond donors (Lipinski definition) is 4. The van der Waals surface area contributed by atoms with Crippen molar-refractivity contribution in [2.75, 3.05) is 92.1 Å². The monoisotopic (exact) mass is 1100 g/mol. The molecule has 0 aliphatic carbocycles. The Bertz CT molecular complexity index is 1620. The number of rotatable bonds is 37. The number of imide groups is 2. The van der Waals surface area contributed by atoms with Crippen molar-refractivity contribution >= 4 is 134 Å². The molecule has 0 saturated carbocycles. The fourth-order valence-corrected chi connectivity index (χ4v) is 7.03. The van der Waals surface area contributed by atoms with Gasteiger partial charge < -0.3 is 40.2 Å². The van der Waals surface area contributed by atoms with Crippen LogP contribution in [-0.2, 0) is 114 Å². The SMILES string of the molecule is CC(CCCCNC(=O)COCCOCCNC(=O)CCN1C(=O)C=CC1=O)C(=O)P=S.CC(CCCCNC(=O)COCCOCCNC(=O)CCN1C(=O)C=CC1=O)C(=O)P=S.S=PP=S. The van der Waals surface area contributed by atoms with Crippen molar-refractivity contribution in [2.45, 2.75) is 65.2 Å². The van der Waals surface area contributed by atoms with Crippen LogP contribution in [0.25, 0.3) is 0 Å². The molecule has 0 aromatic rings. The Morgan fingerprint density at radius 2 is 0.809 bits per heavy atom. The highest BCUT2D eigenvalue weighted by atomic mass is 32.7. The molecule has 20 nitrogen and oxygen atoms in total. The maximum absolute atomic E-state index is 11.7. The van der Waals surface area contributed by atoms with Gasteiger partial charge in [0.05, 0.1) is 54.4 Å². The molecule has 0 fully saturated rings. The molecule has 2 aliphatic rings. The van der Waals surface area contributed by atoms with Crippen molar-refractivity contribution in [1.29, 1.82) is 0 Å². The first-order valence-corrected chi connectivity index (χ1v) is 29.8. The molecular formula is C40H60N6O14P4S4. The lowest BCUT2D eigenvalue weighted by molar-refractivity contribution is -0.139. The predicted molar refractivity (Wildman–Crippen MR) is 269 cm³/mol. The third-order valence-corrected chi connectivity index (χ3v) is 14.1.